The van der Waals surface area contributed by atoms with Crippen LogP contribution in [0.2, 0.25) is 0 Å². The van der Waals surface area contributed by atoms with Gasteiger partial charge in [-0.15, -0.1) is 0 Å². The molecule has 3 heteroatoms. The van der Waals surface area contributed by atoms with Gasteiger partial charge in [0.25, 0.3) is 0 Å². The second kappa shape index (κ2) is 2.95. The standard InChI is InChI=1S/C6H8O2Se/c1-7-5-3-4-9-6(5)8-2/h3-4H,1-2H3. The molecule has 0 spiro atoms. The van der Waals surface area contributed by atoms with Gasteiger partial charge < -0.3 is 0 Å². The van der Waals surface area contributed by atoms with E-state index in [0.717, 1.165) is 10.4 Å². The van der Waals surface area contributed by atoms with Gasteiger partial charge in [-0.25, -0.2) is 0 Å². The van der Waals surface area contributed by atoms with E-state index in [2.05, 4.69) is 4.94 Å². The van der Waals surface area contributed by atoms with Crippen molar-refractivity contribution in [2.75, 3.05) is 14.2 Å². The predicted molar refractivity (Wildman–Crippen MR) is 36.5 cm³/mol. The van der Waals surface area contributed by atoms with Crippen molar-refractivity contribution in [3.05, 3.63) is 11.0 Å². The van der Waals surface area contributed by atoms with Crippen molar-refractivity contribution < 1.29 is 9.47 Å². The molecule has 50 valence electrons. The van der Waals surface area contributed by atoms with Gasteiger partial charge in [-0.05, 0) is 0 Å². The Morgan fingerprint density at radius 2 is 2.11 bits per heavy atom. The minimum absolute atomic E-state index is 0.361. The molecule has 0 radical (unpaired) electrons. The van der Waals surface area contributed by atoms with Gasteiger partial charge in [0.1, 0.15) is 0 Å². The maximum atomic E-state index is 5.03. The second-order valence-corrected chi connectivity index (χ2v) is 3.32. The number of hydrogen-bond acceptors (Lipinski definition) is 2. The quantitative estimate of drug-likeness (QED) is 0.642. The number of rotatable bonds is 2. The molecule has 0 fully saturated rings. The summed E-state index contributed by atoms with van der Waals surface area (Å²) in [5.74, 6) is 0.873. The summed E-state index contributed by atoms with van der Waals surface area (Å²) in [6, 6.07) is 1.94. The molecule has 1 rings (SSSR count). The van der Waals surface area contributed by atoms with Gasteiger partial charge in [0.15, 0.2) is 0 Å². The molecule has 0 bridgehead atoms. The summed E-state index contributed by atoms with van der Waals surface area (Å²) in [7, 11) is 3.32. The summed E-state index contributed by atoms with van der Waals surface area (Å²) < 4.78 is 11.0. The molecule has 0 aromatic carbocycles. The van der Waals surface area contributed by atoms with Crippen LogP contribution in [-0.2, 0) is 0 Å². The summed E-state index contributed by atoms with van der Waals surface area (Å²) in [6.45, 7) is 0. The van der Waals surface area contributed by atoms with Crippen LogP contribution in [0.25, 0.3) is 0 Å². The van der Waals surface area contributed by atoms with Crippen LogP contribution in [0, 0.1) is 0 Å². The molecule has 0 aliphatic heterocycles. The van der Waals surface area contributed by atoms with E-state index in [1.165, 1.54) is 0 Å². The van der Waals surface area contributed by atoms with Crippen LogP contribution < -0.4 is 9.47 Å². The summed E-state index contributed by atoms with van der Waals surface area (Å²) in [6.07, 6.45) is 0. The summed E-state index contributed by atoms with van der Waals surface area (Å²) in [4.78, 5) is 2.07. The first-order chi connectivity index (χ1) is 4.38. The Bertz CT molecular complexity index is 164. The van der Waals surface area contributed by atoms with Gasteiger partial charge >= 0.3 is 59.6 Å². The molecular weight excluding hydrogens is 183 g/mol. The third-order valence-corrected chi connectivity index (χ3v) is 2.79. The van der Waals surface area contributed by atoms with E-state index in [9.17, 15) is 0 Å². The van der Waals surface area contributed by atoms with Crippen LogP contribution in [0.3, 0.4) is 0 Å². The average molecular weight is 191 g/mol. The molecular formula is C6H8O2Se. The molecule has 1 heterocycles. The van der Waals surface area contributed by atoms with Gasteiger partial charge in [-0.2, -0.15) is 0 Å². The van der Waals surface area contributed by atoms with Crippen molar-refractivity contribution in [2.24, 2.45) is 0 Å². The van der Waals surface area contributed by atoms with Crippen molar-refractivity contribution in [3.8, 4) is 10.4 Å². The molecule has 0 amide bonds. The van der Waals surface area contributed by atoms with Crippen LogP contribution in [0.15, 0.2) is 11.0 Å². The Balaban J connectivity index is 2.85. The molecule has 0 unspecified atom stereocenters. The number of hydrogen-bond donors (Lipinski definition) is 0. The number of ether oxygens (including phenoxy) is 2. The fourth-order valence-corrected chi connectivity index (χ4v) is 2.01. The van der Waals surface area contributed by atoms with Crippen LogP contribution in [-0.4, -0.2) is 28.7 Å². The first-order valence-electron chi connectivity index (χ1n) is 2.54. The van der Waals surface area contributed by atoms with Crippen molar-refractivity contribution in [3.63, 3.8) is 0 Å². The van der Waals surface area contributed by atoms with Crippen LogP contribution in [0.1, 0.15) is 0 Å². The first-order valence-corrected chi connectivity index (χ1v) is 4.38. The van der Waals surface area contributed by atoms with E-state index in [0.29, 0.717) is 14.5 Å². The SMILES string of the molecule is COc1cc[se]c1OC. The molecule has 9 heavy (non-hydrogen) atoms. The van der Waals surface area contributed by atoms with E-state index in [1.54, 1.807) is 14.2 Å². The fourth-order valence-electron chi connectivity index (χ4n) is 0.584. The molecule has 1 aromatic rings. The number of methoxy groups -OCH3 is 2. The predicted octanol–water partition coefficient (Wildman–Crippen LogP) is 0.761. The summed E-state index contributed by atoms with van der Waals surface area (Å²) in [5, 5.41) is 0. The zero-order valence-electron chi connectivity index (χ0n) is 5.38. The summed E-state index contributed by atoms with van der Waals surface area (Å²) in [5.41, 5.74) is 0. The van der Waals surface area contributed by atoms with Crippen LogP contribution in [0.5, 0.6) is 10.4 Å². The molecule has 0 aliphatic carbocycles. The summed E-state index contributed by atoms with van der Waals surface area (Å²) >= 11 is 0.361. The van der Waals surface area contributed by atoms with Crippen LogP contribution in [0.4, 0.5) is 0 Å². The van der Waals surface area contributed by atoms with E-state index in [1.807, 2.05) is 6.07 Å². The molecule has 0 saturated carbocycles. The Kier molecular flexibility index (Phi) is 2.20. The van der Waals surface area contributed by atoms with E-state index < -0.39 is 0 Å². The molecule has 2 nitrogen and oxygen atoms in total. The van der Waals surface area contributed by atoms with Gasteiger partial charge in [0.05, 0.1) is 0 Å². The average Bonchev–Trinajstić information content (AvgIpc) is 2.33. The van der Waals surface area contributed by atoms with E-state index in [4.69, 9.17) is 9.47 Å². The fraction of sp³-hybridized carbons (Fsp3) is 0.333. The van der Waals surface area contributed by atoms with Gasteiger partial charge in [0, 0.05) is 0 Å². The Labute approximate surface area is 60.1 Å². The normalized spacial score (nSPS) is 9.11. The topological polar surface area (TPSA) is 18.5 Å². The third kappa shape index (κ3) is 1.29. The maximum absolute atomic E-state index is 5.03. The van der Waals surface area contributed by atoms with Gasteiger partial charge in [-0.3, -0.25) is 0 Å². The van der Waals surface area contributed by atoms with Gasteiger partial charge in [0.2, 0.25) is 0 Å². The van der Waals surface area contributed by atoms with Crippen molar-refractivity contribution in [2.45, 2.75) is 0 Å². The molecule has 0 N–H and O–H groups in total. The Hall–Kier alpha value is -0.401. The zero-order valence-corrected chi connectivity index (χ0v) is 7.09. The molecule has 0 saturated heterocycles. The van der Waals surface area contributed by atoms with Crippen molar-refractivity contribution in [1.29, 1.82) is 0 Å². The third-order valence-electron chi connectivity index (χ3n) is 1.00. The monoisotopic (exact) mass is 192 g/mol. The van der Waals surface area contributed by atoms with E-state index >= 15 is 0 Å². The van der Waals surface area contributed by atoms with Crippen molar-refractivity contribution >= 4 is 14.5 Å². The molecule has 0 aliphatic rings. The second-order valence-electron chi connectivity index (χ2n) is 1.48. The van der Waals surface area contributed by atoms with Crippen molar-refractivity contribution in [1.82, 2.24) is 0 Å². The van der Waals surface area contributed by atoms with Crippen LogP contribution >= 0.6 is 0 Å². The first kappa shape index (κ1) is 6.72. The van der Waals surface area contributed by atoms with E-state index in [-0.39, 0.29) is 0 Å². The molecule has 0 atom stereocenters. The molecule has 1 aromatic heterocycles. The minimum atomic E-state index is 0.361. The zero-order chi connectivity index (χ0) is 6.69. The Morgan fingerprint density at radius 3 is 2.56 bits per heavy atom. The Morgan fingerprint density at radius 1 is 1.33 bits per heavy atom. The van der Waals surface area contributed by atoms with Gasteiger partial charge in [-0.1, -0.05) is 0 Å².